The molecule has 0 aliphatic rings. The maximum absolute atomic E-state index is 11.7. The summed E-state index contributed by atoms with van der Waals surface area (Å²) in [6, 6.07) is 2.64. The maximum Gasteiger partial charge on any atom is 0.287 e. The van der Waals surface area contributed by atoms with Crippen LogP contribution in [0.3, 0.4) is 0 Å². The van der Waals surface area contributed by atoms with Crippen molar-refractivity contribution in [2.45, 2.75) is 31.4 Å². The van der Waals surface area contributed by atoms with Crippen molar-refractivity contribution >= 4 is 15.9 Å². The van der Waals surface area contributed by atoms with Gasteiger partial charge in [0.2, 0.25) is 5.09 Å². The van der Waals surface area contributed by atoms with Gasteiger partial charge in [-0.3, -0.25) is 4.79 Å². The Balaban J connectivity index is 2.91. The van der Waals surface area contributed by atoms with E-state index in [1.165, 1.54) is 26.2 Å². The van der Waals surface area contributed by atoms with E-state index < -0.39 is 15.9 Å². The van der Waals surface area contributed by atoms with Gasteiger partial charge in [-0.25, -0.2) is 12.7 Å². The number of carbonyl (C=O) groups excluding carboxylic acids is 1. The Morgan fingerprint density at radius 3 is 2.56 bits per heavy atom. The molecule has 0 saturated heterocycles. The van der Waals surface area contributed by atoms with E-state index in [4.69, 9.17) is 4.42 Å². The highest BCUT2D eigenvalue weighted by Gasteiger charge is 2.23. The quantitative estimate of drug-likeness (QED) is 0.870. The molecule has 1 atom stereocenters. The van der Waals surface area contributed by atoms with Crippen LogP contribution < -0.4 is 5.32 Å². The van der Waals surface area contributed by atoms with Crippen LogP contribution in [-0.2, 0) is 10.0 Å². The minimum absolute atomic E-state index is 0.00396. The molecule has 0 spiro atoms. The lowest BCUT2D eigenvalue weighted by Gasteiger charge is -2.10. The van der Waals surface area contributed by atoms with E-state index in [0.717, 1.165) is 10.7 Å². The standard InChI is InChI=1S/C11H18N2O4S/c1-5-8(2)12-11(14)9-6-7-10(17-9)18(15,16)13(3)4/h6-8H,5H2,1-4H3,(H,12,14). The van der Waals surface area contributed by atoms with Crippen LogP contribution in [0.4, 0.5) is 0 Å². The first-order valence-electron chi connectivity index (χ1n) is 5.62. The van der Waals surface area contributed by atoms with Crippen molar-refractivity contribution in [1.29, 1.82) is 0 Å². The summed E-state index contributed by atoms with van der Waals surface area (Å²) in [5, 5.41) is 2.46. The summed E-state index contributed by atoms with van der Waals surface area (Å²) in [7, 11) is -0.838. The molecule has 0 aliphatic carbocycles. The second kappa shape index (κ2) is 5.53. The molecule has 18 heavy (non-hydrogen) atoms. The van der Waals surface area contributed by atoms with Gasteiger partial charge < -0.3 is 9.73 Å². The summed E-state index contributed by atoms with van der Waals surface area (Å²) in [5.41, 5.74) is 0. The number of nitrogens with one attached hydrogen (secondary N) is 1. The number of nitrogens with zero attached hydrogens (tertiary/aromatic N) is 1. The van der Waals surface area contributed by atoms with Crippen molar-refractivity contribution < 1.29 is 17.6 Å². The molecular weight excluding hydrogens is 256 g/mol. The molecule has 1 unspecified atom stereocenters. The Morgan fingerprint density at radius 1 is 1.44 bits per heavy atom. The fraction of sp³-hybridized carbons (Fsp3) is 0.545. The monoisotopic (exact) mass is 274 g/mol. The lowest BCUT2D eigenvalue weighted by molar-refractivity contribution is 0.0905. The van der Waals surface area contributed by atoms with Gasteiger partial charge in [0.1, 0.15) is 0 Å². The van der Waals surface area contributed by atoms with Crippen molar-refractivity contribution in [1.82, 2.24) is 9.62 Å². The largest absolute Gasteiger partial charge is 0.438 e. The average molecular weight is 274 g/mol. The predicted octanol–water partition coefficient (Wildman–Crippen LogP) is 1.06. The lowest BCUT2D eigenvalue weighted by atomic mass is 10.2. The molecule has 0 saturated carbocycles. The van der Waals surface area contributed by atoms with Crippen molar-refractivity contribution in [2.24, 2.45) is 0 Å². The van der Waals surface area contributed by atoms with Crippen molar-refractivity contribution in [3.05, 3.63) is 17.9 Å². The third-order valence-electron chi connectivity index (χ3n) is 2.53. The third-order valence-corrected chi connectivity index (χ3v) is 4.22. The number of hydrogen-bond acceptors (Lipinski definition) is 4. The number of furan rings is 1. The van der Waals surface area contributed by atoms with Gasteiger partial charge in [-0.1, -0.05) is 6.92 Å². The highest BCUT2D eigenvalue weighted by Crippen LogP contribution is 2.16. The van der Waals surface area contributed by atoms with E-state index in [1.807, 2.05) is 13.8 Å². The first kappa shape index (κ1) is 14.7. The van der Waals surface area contributed by atoms with Gasteiger partial charge in [0, 0.05) is 20.1 Å². The molecule has 1 amide bonds. The van der Waals surface area contributed by atoms with Gasteiger partial charge in [-0.05, 0) is 25.5 Å². The number of amides is 1. The van der Waals surface area contributed by atoms with Crippen LogP contribution in [-0.4, -0.2) is 38.8 Å². The molecule has 1 heterocycles. The third kappa shape index (κ3) is 3.11. The fourth-order valence-electron chi connectivity index (χ4n) is 1.16. The van der Waals surface area contributed by atoms with Gasteiger partial charge >= 0.3 is 0 Å². The summed E-state index contributed by atoms with van der Waals surface area (Å²) in [4.78, 5) is 11.7. The SMILES string of the molecule is CCC(C)NC(=O)c1ccc(S(=O)(=O)N(C)C)o1. The fourth-order valence-corrected chi connectivity index (χ4v) is 1.95. The minimum Gasteiger partial charge on any atom is -0.438 e. The van der Waals surface area contributed by atoms with Crippen LogP contribution >= 0.6 is 0 Å². The summed E-state index contributed by atoms with van der Waals surface area (Å²) >= 11 is 0. The highest BCUT2D eigenvalue weighted by molar-refractivity contribution is 7.88. The topological polar surface area (TPSA) is 79.6 Å². The van der Waals surface area contributed by atoms with Crippen molar-refractivity contribution in [3.63, 3.8) is 0 Å². The highest BCUT2D eigenvalue weighted by atomic mass is 32.2. The molecule has 0 fully saturated rings. The Labute approximate surface area is 107 Å². The number of hydrogen-bond donors (Lipinski definition) is 1. The number of carbonyl (C=O) groups is 1. The van der Waals surface area contributed by atoms with E-state index in [1.54, 1.807) is 0 Å². The van der Waals surface area contributed by atoms with Gasteiger partial charge in [-0.15, -0.1) is 0 Å². The molecular formula is C11H18N2O4S. The first-order valence-corrected chi connectivity index (χ1v) is 7.06. The van der Waals surface area contributed by atoms with E-state index in [2.05, 4.69) is 5.32 Å². The number of sulfonamides is 1. The average Bonchev–Trinajstić information content (AvgIpc) is 2.78. The maximum atomic E-state index is 11.7. The summed E-state index contributed by atoms with van der Waals surface area (Å²) in [5.74, 6) is -0.416. The van der Waals surface area contributed by atoms with E-state index in [9.17, 15) is 13.2 Å². The van der Waals surface area contributed by atoms with Crippen LogP contribution in [0.2, 0.25) is 0 Å². The summed E-state index contributed by atoms with van der Waals surface area (Å²) < 4.78 is 29.6. The van der Waals surface area contributed by atoms with Crippen LogP contribution in [0.5, 0.6) is 0 Å². The summed E-state index contributed by atoms with van der Waals surface area (Å²) in [6.07, 6.45) is 0.787. The van der Waals surface area contributed by atoms with Crippen LogP contribution in [0.1, 0.15) is 30.8 Å². The van der Waals surface area contributed by atoms with Crippen LogP contribution in [0, 0.1) is 0 Å². The first-order chi connectivity index (χ1) is 8.28. The minimum atomic E-state index is -3.64. The molecule has 1 aromatic rings. The Bertz CT molecular complexity index is 519. The smallest absolute Gasteiger partial charge is 0.287 e. The molecule has 0 aromatic carbocycles. The van der Waals surface area contributed by atoms with Gasteiger partial charge in [0.05, 0.1) is 0 Å². The zero-order valence-electron chi connectivity index (χ0n) is 10.9. The van der Waals surface area contributed by atoms with E-state index in [-0.39, 0.29) is 16.9 Å². The second-order valence-electron chi connectivity index (χ2n) is 4.19. The predicted molar refractivity (Wildman–Crippen MR) is 66.8 cm³/mol. The molecule has 1 N–H and O–H groups in total. The van der Waals surface area contributed by atoms with E-state index >= 15 is 0 Å². The molecule has 7 heteroatoms. The van der Waals surface area contributed by atoms with Gasteiger partial charge in [0.25, 0.3) is 15.9 Å². The van der Waals surface area contributed by atoms with Crippen molar-refractivity contribution in [2.75, 3.05) is 14.1 Å². The lowest BCUT2D eigenvalue weighted by Crippen LogP contribution is -2.31. The Morgan fingerprint density at radius 2 is 2.06 bits per heavy atom. The Kier molecular flexibility index (Phi) is 4.53. The van der Waals surface area contributed by atoms with Crippen molar-refractivity contribution in [3.8, 4) is 0 Å². The van der Waals surface area contributed by atoms with Crippen LogP contribution in [0.15, 0.2) is 21.6 Å². The van der Waals surface area contributed by atoms with Gasteiger partial charge in [-0.2, -0.15) is 0 Å². The van der Waals surface area contributed by atoms with Crippen LogP contribution in [0.25, 0.3) is 0 Å². The molecule has 6 nitrogen and oxygen atoms in total. The molecule has 1 rings (SSSR count). The Hall–Kier alpha value is -1.34. The molecule has 0 radical (unpaired) electrons. The molecule has 0 aliphatic heterocycles. The van der Waals surface area contributed by atoms with E-state index in [0.29, 0.717) is 0 Å². The summed E-state index contributed by atoms with van der Waals surface area (Å²) in [6.45, 7) is 3.80. The zero-order chi connectivity index (χ0) is 13.9. The zero-order valence-corrected chi connectivity index (χ0v) is 11.7. The molecule has 0 bridgehead atoms. The second-order valence-corrected chi connectivity index (χ2v) is 6.27. The molecule has 1 aromatic heterocycles. The number of rotatable bonds is 5. The molecule has 102 valence electrons. The normalized spacial score (nSPS) is 13.6. The van der Waals surface area contributed by atoms with Gasteiger partial charge in [0.15, 0.2) is 5.76 Å².